The van der Waals surface area contributed by atoms with Crippen molar-refractivity contribution in [1.82, 2.24) is 9.47 Å². The Bertz CT molecular complexity index is 400. The number of hydrogen-bond acceptors (Lipinski definition) is 1. The van der Waals surface area contributed by atoms with E-state index < -0.39 is 0 Å². The van der Waals surface area contributed by atoms with Crippen LogP contribution in [0.25, 0.3) is 0 Å². The van der Waals surface area contributed by atoms with Gasteiger partial charge < -0.3 is 9.47 Å². The van der Waals surface area contributed by atoms with Crippen LogP contribution in [0.3, 0.4) is 0 Å². The molecule has 3 nitrogen and oxygen atoms in total. The summed E-state index contributed by atoms with van der Waals surface area (Å²) in [5, 5.41) is 0. The van der Waals surface area contributed by atoms with Crippen LogP contribution in [-0.2, 0) is 13.0 Å². The quantitative estimate of drug-likeness (QED) is 0.599. The van der Waals surface area contributed by atoms with Crippen LogP contribution in [-0.4, -0.2) is 34.8 Å². The van der Waals surface area contributed by atoms with E-state index in [0.29, 0.717) is 5.88 Å². The van der Waals surface area contributed by atoms with E-state index in [0.717, 1.165) is 44.5 Å². The van der Waals surface area contributed by atoms with Gasteiger partial charge in [0, 0.05) is 32.2 Å². The normalized spacial score (nSPS) is 15.9. The second kappa shape index (κ2) is 5.58. The van der Waals surface area contributed by atoms with Gasteiger partial charge in [0.05, 0.1) is 0 Å². The van der Waals surface area contributed by atoms with Crippen molar-refractivity contribution in [3.8, 4) is 0 Å². The van der Waals surface area contributed by atoms with Crippen LogP contribution in [0.4, 0.5) is 0 Å². The first-order valence-electron chi connectivity index (χ1n) is 6.23. The Kier molecular flexibility index (Phi) is 4.11. The molecule has 1 aliphatic rings. The number of aromatic nitrogens is 1. The fraction of sp³-hybridized carbons (Fsp3) is 0.615. The summed E-state index contributed by atoms with van der Waals surface area (Å²) < 4.78 is 2.09. The smallest absolute Gasteiger partial charge is 0.270 e. The van der Waals surface area contributed by atoms with Gasteiger partial charge in [-0.15, -0.1) is 11.6 Å². The number of nitrogens with zero attached hydrogens (tertiary/aromatic N) is 2. The maximum absolute atomic E-state index is 12.2. The second-order valence-corrected chi connectivity index (χ2v) is 4.99. The molecule has 1 amide bonds. The number of amides is 1. The Morgan fingerprint density at radius 3 is 3.00 bits per heavy atom. The van der Waals surface area contributed by atoms with Crippen LogP contribution in [0, 0.1) is 0 Å². The highest BCUT2D eigenvalue weighted by Gasteiger charge is 2.23. The van der Waals surface area contributed by atoms with Gasteiger partial charge in [0.25, 0.3) is 5.91 Å². The molecule has 94 valence electrons. The summed E-state index contributed by atoms with van der Waals surface area (Å²) in [5.74, 6) is 0.852. The molecule has 0 radical (unpaired) electrons. The van der Waals surface area contributed by atoms with Crippen LogP contribution >= 0.6 is 11.6 Å². The Hall–Kier alpha value is -0.960. The molecule has 0 atom stereocenters. The van der Waals surface area contributed by atoms with Crippen LogP contribution < -0.4 is 0 Å². The van der Waals surface area contributed by atoms with Gasteiger partial charge in [-0.05, 0) is 37.3 Å². The monoisotopic (exact) mass is 254 g/mol. The molecular weight excluding hydrogens is 236 g/mol. The van der Waals surface area contributed by atoms with Crippen molar-refractivity contribution >= 4 is 17.5 Å². The van der Waals surface area contributed by atoms with E-state index in [4.69, 9.17) is 11.6 Å². The van der Waals surface area contributed by atoms with Crippen LogP contribution in [0.5, 0.6) is 0 Å². The van der Waals surface area contributed by atoms with E-state index in [1.54, 1.807) is 0 Å². The topological polar surface area (TPSA) is 25.2 Å². The summed E-state index contributed by atoms with van der Waals surface area (Å²) >= 11 is 5.68. The minimum atomic E-state index is 0.161. The molecule has 2 rings (SSSR count). The first kappa shape index (κ1) is 12.5. The zero-order chi connectivity index (χ0) is 12.3. The second-order valence-electron chi connectivity index (χ2n) is 4.61. The number of fused-ring (bicyclic) bond motifs is 1. The van der Waals surface area contributed by atoms with Crippen LogP contribution in [0.2, 0.25) is 0 Å². The van der Waals surface area contributed by atoms with Gasteiger partial charge in [-0.1, -0.05) is 0 Å². The van der Waals surface area contributed by atoms with Gasteiger partial charge in [-0.25, -0.2) is 0 Å². The van der Waals surface area contributed by atoms with E-state index >= 15 is 0 Å². The Balaban J connectivity index is 2.19. The molecule has 2 heterocycles. The summed E-state index contributed by atoms with van der Waals surface area (Å²) in [6.07, 6.45) is 6.13. The highest BCUT2D eigenvalue weighted by molar-refractivity contribution is 6.17. The molecule has 4 heteroatoms. The first-order valence-corrected chi connectivity index (χ1v) is 6.77. The van der Waals surface area contributed by atoms with E-state index in [2.05, 4.69) is 10.6 Å². The zero-order valence-corrected chi connectivity index (χ0v) is 11.0. The Morgan fingerprint density at radius 2 is 2.24 bits per heavy atom. The number of alkyl halides is 1. The summed E-state index contributed by atoms with van der Waals surface area (Å²) in [6, 6.07) is 2.09. The zero-order valence-electron chi connectivity index (χ0n) is 10.3. The van der Waals surface area contributed by atoms with Crippen molar-refractivity contribution in [1.29, 1.82) is 0 Å². The number of carbonyl (C=O) groups is 1. The van der Waals surface area contributed by atoms with Crippen molar-refractivity contribution < 1.29 is 4.79 Å². The molecule has 1 aromatic heterocycles. The average molecular weight is 255 g/mol. The number of halogens is 1. The molecule has 0 unspecified atom stereocenters. The van der Waals surface area contributed by atoms with E-state index in [9.17, 15) is 4.79 Å². The van der Waals surface area contributed by atoms with Gasteiger partial charge in [-0.2, -0.15) is 0 Å². The van der Waals surface area contributed by atoms with Crippen LogP contribution in [0.15, 0.2) is 12.3 Å². The molecule has 1 aromatic rings. The molecule has 0 bridgehead atoms. The fourth-order valence-electron chi connectivity index (χ4n) is 2.33. The van der Waals surface area contributed by atoms with E-state index in [1.165, 1.54) is 5.56 Å². The summed E-state index contributed by atoms with van der Waals surface area (Å²) in [5.41, 5.74) is 2.09. The van der Waals surface area contributed by atoms with Gasteiger partial charge >= 0.3 is 0 Å². The Labute approximate surface area is 107 Å². The maximum atomic E-state index is 12.2. The first-order chi connectivity index (χ1) is 8.24. The third-order valence-electron chi connectivity index (χ3n) is 3.32. The van der Waals surface area contributed by atoms with Crippen molar-refractivity contribution in [2.24, 2.45) is 0 Å². The molecule has 0 N–H and O–H groups in total. The average Bonchev–Trinajstić information content (AvgIpc) is 2.65. The van der Waals surface area contributed by atoms with Gasteiger partial charge in [0.15, 0.2) is 0 Å². The van der Waals surface area contributed by atoms with E-state index in [-0.39, 0.29) is 5.91 Å². The highest BCUT2D eigenvalue weighted by atomic mass is 35.5. The minimum Gasteiger partial charge on any atom is -0.343 e. The number of carbonyl (C=O) groups excluding carboxylic acids is 1. The lowest BCUT2D eigenvalue weighted by molar-refractivity contribution is 0.0789. The van der Waals surface area contributed by atoms with Gasteiger partial charge in [0.2, 0.25) is 0 Å². The SMILES string of the molecule is CN1CCCc2ccn(CCCCCl)c2C1=O. The lowest BCUT2D eigenvalue weighted by atomic mass is 10.1. The van der Waals surface area contributed by atoms with Crippen molar-refractivity contribution in [2.75, 3.05) is 19.5 Å². The van der Waals surface area contributed by atoms with Gasteiger partial charge in [0.1, 0.15) is 5.69 Å². The summed E-state index contributed by atoms with van der Waals surface area (Å²) in [6.45, 7) is 1.75. The minimum absolute atomic E-state index is 0.161. The molecule has 17 heavy (non-hydrogen) atoms. The summed E-state index contributed by atoms with van der Waals surface area (Å²) in [7, 11) is 1.88. The number of hydrogen-bond donors (Lipinski definition) is 0. The lowest BCUT2D eigenvalue weighted by Gasteiger charge is -2.16. The van der Waals surface area contributed by atoms with Crippen molar-refractivity contribution in [3.63, 3.8) is 0 Å². The lowest BCUT2D eigenvalue weighted by Crippen LogP contribution is -2.28. The number of unbranched alkanes of at least 4 members (excludes halogenated alkanes) is 1. The molecule has 0 fully saturated rings. The third-order valence-corrected chi connectivity index (χ3v) is 3.59. The molecule has 0 aromatic carbocycles. The molecular formula is C13H19ClN2O. The standard InChI is InChI=1S/C13H19ClN2O/c1-15-8-4-5-11-6-10-16(9-3-2-7-14)12(11)13(15)17/h6,10H,2-5,7-9H2,1H3. The van der Waals surface area contributed by atoms with E-state index in [1.807, 2.05) is 18.1 Å². The molecule has 0 spiro atoms. The predicted molar refractivity (Wildman–Crippen MR) is 69.7 cm³/mol. The van der Waals surface area contributed by atoms with Crippen LogP contribution in [0.1, 0.15) is 35.3 Å². The summed E-state index contributed by atoms with van der Waals surface area (Å²) in [4.78, 5) is 14.1. The molecule has 1 aliphatic heterocycles. The maximum Gasteiger partial charge on any atom is 0.270 e. The molecule has 0 saturated heterocycles. The third kappa shape index (κ3) is 2.65. The number of aryl methyl sites for hydroxylation is 2. The molecule has 0 saturated carbocycles. The van der Waals surface area contributed by atoms with Crippen molar-refractivity contribution in [3.05, 3.63) is 23.5 Å². The van der Waals surface area contributed by atoms with Crippen molar-refractivity contribution in [2.45, 2.75) is 32.2 Å². The predicted octanol–water partition coefficient (Wildman–Crippen LogP) is 2.53. The largest absolute Gasteiger partial charge is 0.343 e. The molecule has 0 aliphatic carbocycles. The Morgan fingerprint density at radius 1 is 1.41 bits per heavy atom. The highest BCUT2D eigenvalue weighted by Crippen LogP contribution is 2.19. The number of rotatable bonds is 4. The fourth-order valence-corrected chi connectivity index (χ4v) is 2.52. The van der Waals surface area contributed by atoms with Gasteiger partial charge in [-0.3, -0.25) is 4.79 Å².